The minimum Gasteiger partial charge on any atom is -0.304 e. The molecule has 38 heavy (non-hydrogen) atoms. The molecule has 2 aliphatic rings. The first-order chi connectivity index (χ1) is 17.9. The zero-order valence-electron chi connectivity index (χ0n) is 21.5. The van der Waals surface area contributed by atoms with E-state index in [-0.39, 0.29) is 35.6 Å². The quantitative estimate of drug-likeness (QED) is 0.350. The van der Waals surface area contributed by atoms with Gasteiger partial charge in [0.15, 0.2) is 0 Å². The fraction of sp³-hybridized carbons (Fsp3) is 0.538. The molecule has 0 amide bonds. The lowest BCUT2D eigenvalue weighted by molar-refractivity contribution is -0.139. The van der Waals surface area contributed by atoms with Gasteiger partial charge in [-0.05, 0) is 49.5 Å². The molecule has 2 aromatic carbocycles. The predicted molar refractivity (Wildman–Crippen MR) is 133 cm³/mol. The summed E-state index contributed by atoms with van der Waals surface area (Å²) in [6.45, 7) is 6.10. The zero-order chi connectivity index (χ0) is 27.5. The highest BCUT2D eigenvalue weighted by Crippen LogP contribution is 2.37. The molecule has 2 fully saturated rings. The third-order valence-corrected chi connectivity index (χ3v) is 7.06. The van der Waals surface area contributed by atoms with E-state index in [1.54, 1.807) is 0 Å². The summed E-state index contributed by atoms with van der Waals surface area (Å²) in [5.74, 6) is 0. The summed E-state index contributed by atoms with van der Waals surface area (Å²) in [5.41, 5.74) is -1.51. The van der Waals surface area contributed by atoms with E-state index in [0.717, 1.165) is 38.3 Å². The van der Waals surface area contributed by atoms with Gasteiger partial charge in [-0.1, -0.05) is 12.1 Å². The van der Waals surface area contributed by atoms with Crippen LogP contribution in [0.1, 0.15) is 22.3 Å². The number of hydrogen-bond acceptors (Lipinski definition) is 6. The van der Waals surface area contributed by atoms with Crippen LogP contribution in [0.5, 0.6) is 0 Å². The normalized spacial score (nSPS) is 19.5. The van der Waals surface area contributed by atoms with Crippen LogP contribution in [0.2, 0.25) is 0 Å². The van der Waals surface area contributed by atoms with Gasteiger partial charge in [0.25, 0.3) is 0 Å². The van der Waals surface area contributed by atoms with Crippen LogP contribution in [0, 0.1) is 0 Å². The van der Waals surface area contributed by atoms with Crippen LogP contribution in [0.25, 0.3) is 0 Å². The molecule has 4 rings (SSSR count). The number of halogens is 6. The van der Waals surface area contributed by atoms with Gasteiger partial charge < -0.3 is 9.80 Å². The lowest BCUT2D eigenvalue weighted by atomic mass is 10.0. The van der Waals surface area contributed by atoms with Crippen molar-refractivity contribution in [2.24, 2.45) is 10.2 Å². The molecule has 0 atom stereocenters. The van der Waals surface area contributed by atoms with Crippen LogP contribution < -0.4 is 0 Å². The van der Waals surface area contributed by atoms with E-state index >= 15 is 0 Å². The van der Waals surface area contributed by atoms with Crippen molar-refractivity contribution in [3.8, 4) is 0 Å². The minimum absolute atomic E-state index is 0.0745. The number of likely N-dealkylation sites (N-methyl/N-ethyl adjacent to an activating group) is 2. The molecule has 0 spiro atoms. The molecular weight excluding hydrogens is 510 g/mol. The van der Waals surface area contributed by atoms with Gasteiger partial charge in [-0.15, -0.1) is 0 Å². The summed E-state index contributed by atoms with van der Waals surface area (Å²) in [5, 5.41) is 7.69. The van der Waals surface area contributed by atoms with Crippen molar-refractivity contribution in [1.29, 1.82) is 0 Å². The van der Waals surface area contributed by atoms with Crippen LogP contribution in [-0.2, 0) is 25.4 Å². The van der Waals surface area contributed by atoms with Gasteiger partial charge in [0.1, 0.15) is 0 Å². The Labute approximate surface area is 218 Å². The highest BCUT2D eigenvalue weighted by molar-refractivity contribution is 5.48. The molecule has 2 aliphatic heterocycles. The van der Waals surface area contributed by atoms with Crippen LogP contribution in [0.15, 0.2) is 46.6 Å². The average molecular weight is 543 g/mol. The maximum absolute atomic E-state index is 13.8. The first kappa shape index (κ1) is 28.5. The van der Waals surface area contributed by atoms with Gasteiger partial charge in [-0.25, -0.2) is 0 Å². The van der Waals surface area contributed by atoms with Crippen LogP contribution in [0.3, 0.4) is 0 Å². The Bertz CT molecular complexity index is 1030. The van der Waals surface area contributed by atoms with Gasteiger partial charge in [0.05, 0.1) is 22.5 Å². The highest BCUT2D eigenvalue weighted by Gasteiger charge is 2.35. The van der Waals surface area contributed by atoms with E-state index in [4.69, 9.17) is 0 Å². The predicted octanol–water partition coefficient (Wildman–Crippen LogP) is 5.63. The Morgan fingerprint density at radius 3 is 1.24 bits per heavy atom. The van der Waals surface area contributed by atoms with Gasteiger partial charge in [-0.3, -0.25) is 9.80 Å². The Morgan fingerprint density at radius 1 is 0.579 bits per heavy atom. The molecule has 0 aliphatic carbocycles. The van der Waals surface area contributed by atoms with Gasteiger partial charge in [0.2, 0.25) is 0 Å². The highest BCUT2D eigenvalue weighted by atomic mass is 19.4. The molecule has 12 heteroatoms. The number of piperazine rings is 2. The molecule has 6 nitrogen and oxygen atoms in total. The van der Waals surface area contributed by atoms with Gasteiger partial charge >= 0.3 is 12.4 Å². The Kier molecular flexibility index (Phi) is 8.75. The number of nitrogens with zero attached hydrogens (tertiary/aromatic N) is 6. The van der Waals surface area contributed by atoms with Crippen LogP contribution in [0.4, 0.5) is 37.7 Å². The summed E-state index contributed by atoms with van der Waals surface area (Å²) in [7, 11) is 3.94. The number of azo groups is 1. The Morgan fingerprint density at radius 2 is 0.921 bits per heavy atom. The first-order valence-electron chi connectivity index (χ1n) is 12.5. The molecule has 0 radical (unpaired) electrons. The second kappa shape index (κ2) is 11.7. The SMILES string of the molecule is CN1CCN(Cc2ccc(N=Nc3ccc(CN4CCN(C)CC4)c(C(F)(F)F)c3)cc2C(F)(F)F)CC1. The van der Waals surface area contributed by atoms with E-state index in [0.29, 0.717) is 26.2 Å². The molecule has 0 bridgehead atoms. The minimum atomic E-state index is -4.60. The Hall–Kier alpha value is -2.54. The Balaban J connectivity index is 1.53. The lowest BCUT2D eigenvalue weighted by Gasteiger charge is -2.32. The van der Waals surface area contributed by atoms with Crippen LogP contribution in [-0.4, -0.2) is 86.1 Å². The van der Waals surface area contributed by atoms with Gasteiger partial charge in [-0.2, -0.15) is 36.6 Å². The average Bonchev–Trinajstić information content (AvgIpc) is 2.85. The number of benzene rings is 2. The fourth-order valence-electron chi connectivity index (χ4n) is 4.67. The monoisotopic (exact) mass is 542 g/mol. The summed E-state index contributed by atoms with van der Waals surface area (Å²) in [6.07, 6.45) is -9.19. The largest absolute Gasteiger partial charge is 0.416 e. The molecule has 0 saturated carbocycles. The van der Waals surface area contributed by atoms with E-state index in [1.807, 2.05) is 23.9 Å². The van der Waals surface area contributed by atoms with Crippen molar-refractivity contribution >= 4 is 11.4 Å². The maximum Gasteiger partial charge on any atom is 0.416 e. The van der Waals surface area contributed by atoms with Crippen molar-refractivity contribution < 1.29 is 26.3 Å². The van der Waals surface area contributed by atoms with Crippen molar-refractivity contribution in [3.05, 3.63) is 58.7 Å². The van der Waals surface area contributed by atoms with E-state index in [9.17, 15) is 26.3 Å². The number of hydrogen-bond donors (Lipinski definition) is 0. The van der Waals surface area contributed by atoms with Gasteiger partial charge in [0, 0.05) is 65.4 Å². The second-order valence-corrected chi connectivity index (χ2v) is 10.0. The summed E-state index contributed by atoms with van der Waals surface area (Å²) < 4.78 is 82.9. The molecule has 208 valence electrons. The molecule has 2 saturated heterocycles. The standard InChI is InChI=1S/C26H32F6N6/c1-35-7-11-37(12-8-35)17-19-3-5-21(15-23(19)25(27,28)29)33-34-22-6-4-20(24(16-22)26(30,31)32)18-38-13-9-36(2)10-14-38/h3-6,15-16H,7-14,17-18H2,1-2H3. The molecule has 2 aromatic rings. The third-order valence-electron chi connectivity index (χ3n) is 7.06. The fourth-order valence-corrected chi connectivity index (χ4v) is 4.67. The zero-order valence-corrected chi connectivity index (χ0v) is 21.5. The summed E-state index contributed by atoms with van der Waals surface area (Å²) in [6, 6.07) is 7.38. The molecule has 0 unspecified atom stereocenters. The number of rotatable bonds is 6. The van der Waals surface area contributed by atoms with E-state index < -0.39 is 23.5 Å². The smallest absolute Gasteiger partial charge is 0.304 e. The number of alkyl halides is 6. The van der Waals surface area contributed by atoms with Crippen molar-refractivity contribution in [1.82, 2.24) is 19.6 Å². The van der Waals surface area contributed by atoms with E-state index in [2.05, 4.69) is 20.0 Å². The van der Waals surface area contributed by atoms with E-state index in [1.165, 1.54) is 24.3 Å². The van der Waals surface area contributed by atoms with Crippen molar-refractivity contribution in [2.75, 3.05) is 66.5 Å². The lowest BCUT2D eigenvalue weighted by Crippen LogP contribution is -2.44. The molecular formula is C26H32F6N6. The first-order valence-corrected chi connectivity index (χ1v) is 12.5. The molecule has 0 aromatic heterocycles. The topological polar surface area (TPSA) is 37.7 Å². The van der Waals surface area contributed by atoms with Crippen LogP contribution >= 0.6 is 0 Å². The van der Waals surface area contributed by atoms with Crippen molar-refractivity contribution in [3.63, 3.8) is 0 Å². The third kappa shape index (κ3) is 7.52. The second-order valence-electron chi connectivity index (χ2n) is 10.0. The summed E-state index contributed by atoms with van der Waals surface area (Å²) >= 11 is 0. The van der Waals surface area contributed by atoms with Crippen molar-refractivity contribution in [2.45, 2.75) is 25.4 Å². The maximum atomic E-state index is 13.8. The molecule has 2 heterocycles. The summed E-state index contributed by atoms with van der Waals surface area (Å²) in [4.78, 5) is 8.17. The molecule has 0 N–H and O–H groups in total.